The van der Waals surface area contributed by atoms with Crippen molar-refractivity contribution in [3.63, 3.8) is 0 Å². The van der Waals surface area contributed by atoms with Gasteiger partial charge in [0.2, 0.25) is 0 Å². The highest BCUT2D eigenvalue weighted by atomic mass is 15.3. The number of hydrogen-bond donors (Lipinski definition) is 0. The second-order valence-corrected chi connectivity index (χ2v) is 8.69. The van der Waals surface area contributed by atoms with Crippen LogP contribution in [0.15, 0.2) is 29.4 Å². The van der Waals surface area contributed by atoms with Crippen LogP contribution < -0.4 is 0 Å². The number of benzene rings is 1. The number of nitrogens with zero attached hydrogens (tertiary/aromatic N) is 4. The lowest BCUT2D eigenvalue weighted by Crippen LogP contribution is -2.47. The zero-order valence-corrected chi connectivity index (χ0v) is 16.0. The van der Waals surface area contributed by atoms with E-state index in [4.69, 9.17) is 10.1 Å². The van der Waals surface area contributed by atoms with E-state index in [9.17, 15) is 0 Å². The number of likely N-dealkylation sites (tertiary alicyclic amines) is 1. The number of rotatable bonds is 2. The molecule has 4 heteroatoms. The van der Waals surface area contributed by atoms with E-state index in [2.05, 4.69) is 61.8 Å². The molecule has 0 spiro atoms. The predicted molar refractivity (Wildman–Crippen MR) is 105 cm³/mol. The fourth-order valence-electron chi connectivity index (χ4n) is 4.17. The van der Waals surface area contributed by atoms with Crippen LogP contribution >= 0.6 is 0 Å². The van der Waals surface area contributed by atoms with E-state index in [1.165, 1.54) is 29.5 Å². The summed E-state index contributed by atoms with van der Waals surface area (Å²) in [6, 6.07) is 7.15. The Kier molecular flexibility index (Phi) is 4.19. The molecule has 2 aliphatic rings. The molecule has 0 aliphatic carbocycles. The first-order valence-electron chi connectivity index (χ1n) is 9.66. The summed E-state index contributed by atoms with van der Waals surface area (Å²) < 4.78 is 2.22. The van der Waals surface area contributed by atoms with E-state index in [1.54, 1.807) is 0 Å². The van der Waals surface area contributed by atoms with Gasteiger partial charge in [-0.25, -0.2) is 0 Å². The fourth-order valence-corrected chi connectivity index (χ4v) is 4.17. The van der Waals surface area contributed by atoms with Gasteiger partial charge in [-0.2, -0.15) is 5.10 Å². The van der Waals surface area contributed by atoms with Crippen LogP contribution in [0.1, 0.15) is 58.1 Å². The molecule has 2 atom stereocenters. The maximum absolute atomic E-state index is 4.88. The maximum atomic E-state index is 4.88. The van der Waals surface area contributed by atoms with Crippen LogP contribution in [0.5, 0.6) is 0 Å². The summed E-state index contributed by atoms with van der Waals surface area (Å²) in [6.45, 7) is 9.06. The first kappa shape index (κ1) is 16.8. The lowest BCUT2D eigenvalue weighted by Gasteiger charge is -2.43. The number of fused-ring (bicyclic) bond motifs is 1. The molecule has 0 bridgehead atoms. The van der Waals surface area contributed by atoms with Crippen molar-refractivity contribution >= 4 is 16.6 Å². The molecule has 2 aliphatic heterocycles. The van der Waals surface area contributed by atoms with Crippen LogP contribution in [0.4, 0.5) is 0 Å². The van der Waals surface area contributed by atoms with E-state index in [0.29, 0.717) is 6.04 Å². The van der Waals surface area contributed by atoms with Crippen molar-refractivity contribution in [2.75, 3.05) is 20.1 Å². The van der Waals surface area contributed by atoms with Crippen LogP contribution in [0.25, 0.3) is 10.9 Å². The van der Waals surface area contributed by atoms with Crippen LogP contribution in [0, 0.1) is 5.92 Å². The van der Waals surface area contributed by atoms with Gasteiger partial charge in [-0.15, -0.1) is 0 Å². The second kappa shape index (κ2) is 6.24. The molecule has 1 aromatic carbocycles. The Morgan fingerprint density at radius 2 is 2.04 bits per heavy atom. The third-order valence-corrected chi connectivity index (χ3v) is 6.26. The Morgan fingerprint density at radius 3 is 2.76 bits per heavy atom. The predicted octanol–water partition coefficient (Wildman–Crippen LogP) is 4.30. The quantitative estimate of drug-likeness (QED) is 0.818. The molecular formula is C21H30N4. The zero-order chi connectivity index (χ0) is 17.6. The molecule has 2 aromatic rings. The molecule has 1 fully saturated rings. The molecule has 1 aromatic heterocycles. The summed E-state index contributed by atoms with van der Waals surface area (Å²) in [6.07, 6.45) is 6.92. The van der Waals surface area contributed by atoms with Gasteiger partial charge in [-0.1, -0.05) is 13.0 Å². The van der Waals surface area contributed by atoms with E-state index in [0.717, 1.165) is 37.4 Å². The largest absolute Gasteiger partial charge is 0.301 e. The smallest absolute Gasteiger partial charge is 0.0923 e. The Hall–Kier alpha value is -1.68. The summed E-state index contributed by atoms with van der Waals surface area (Å²) in [4.78, 5) is 7.26. The standard InChI is InChI=1S/C21H30N4/c1-15-5-7-19(22-13-15)16-6-8-20-17(11-16)14-25(23-20)18-9-10-24(4)21(2,3)12-18/h6,8,11,14-15,18H,5,7,9-10,12-13H2,1-4H3/t15-,18?/m0/s1. The van der Waals surface area contributed by atoms with Crippen LogP contribution in [-0.2, 0) is 0 Å². The molecule has 0 radical (unpaired) electrons. The average Bonchev–Trinajstić information content (AvgIpc) is 3.01. The molecule has 1 saturated heterocycles. The molecule has 25 heavy (non-hydrogen) atoms. The third-order valence-electron chi connectivity index (χ3n) is 6.26. The van der Waals surface area contributed by atoms with E-state index >= 15 is 0 Å². The highest BCUT2D eigenvalue weighted by Crippen LogP contribution is 2.33. The van der Waals surface area contributed by atoms with Crippen LogP contribution in [-0.4, -0.2) is 46.1 Å². The first-order chi connectivity index (χ1) is 11.9. The summed E-state index contributed by atoms with van der Waals surface area (Å²) in [5, 5.41) is 6.13. The lowest BCUT2D eigenvalue weighted by molar-refractivity contribution is 0.0721. The van der Waals surface area contributed by atoms with Crippen LogP contribution in [0.2, 0.25) is 0 Å². The molecule has 0 N–H and O–H groups in total. The Bertz CT molecular complexity index is 801. The van der Waals surface area contributed by atoms with Gasteiger partial charge >= 0.3 is 0 Å². The van der Waals surface area contributed by atoms with Crippen molar-refractivity contribution in [1.29, 1.82) is 0 Å². The van der Waals surface area contributed by atoms with Gasteiger partial charge in [0.05, 0.1) is 11.6 Å². The summed E-state index contributed by atoms with van der Waals surface area (Å²) in [5.41, 5.74) is 3.89. The molecule has 0 amide bonds. The highest BCUT2D eigenvalue weighted by Gasteiger charge is 2.33. The minimum absolute atomic E-state index is 0.236. The van der Waals surface area contributed by atoms with Crippen molar-refractivity contribution in [3.05, 3.63) is 30.0 Å². The van der Waals surface area contributed by atoms with Gasteiger partial charge < -0.3 is 4.90 Å². The molecular weight excluding hydrogens is 308 g/mol. The molecule has 4 nitrogen and oxygen atoms in total. The summed E-state index contributed by atoms with van der Waals surface area (Å²) in [5.74, 6) is 0.725. The SMILES string of the molecule is C[C@H]1CCC(c2ccc3nn(C4CCN(C)C(C)(C)C4)cc3c2)=NC1. The Labute approximate surface area is 150 Å². The van der Waals surface area contributed by atoms with Gasteiger partial charge in [0.1, 0.15) is 0 Å². The molecule has 4 rings (SSSR count). The van der Waals surface area contributed by atoms with Crippen molar-refractivity contribution < 1.29 is 0 Å². The minimum atomic E-state index is 0.236. The minimum Gasteiger partial charge on any atom is -0.301 e. The van der Waals surface area contributed by atoms with Crippen molar-refractivity contribution in [2.45, 2.75) is 58.0 Å². The van der Waals surface area contributed by atoms with E-state index < -0.39 is 0 Å². The number of piperidine rings is 1. The number of aromatic nitrogens is 2. The molecule has 3 heterocycles. The van der Waals surface area contributed by atoms with Crippen LogP contribution in [0.3, 0.4) is 0 Å². The summed E-state index contributed by atoms with van der Waals surface area (Å²) >= 11 is 0. The average molecular weight is 338 g/mol. The van der Waals surface area contributed by atoms with Crippen molar-refractivity contribution in [2.24, 2.45) is 10.9 Å². The third kappa shape index (κ3) is 3.24. The van der Waals surface area contributed by atoms with Crippen molar-refractivity contribution in [3.8, 4) is 0 Å². The molecule has 0 saturated carbocycles. The molecule has 1 unspecified atom stereocenters. The Morgan fingerprint density at radius 1 is 1.20 bits per heavy atom. The number of aliphatic imine (C=N–C) groups is 1. The van der Waals surface area contributed by atoms with E-state index in [1.807, 2.05) is 0 Å². The fraction of sp³-hybridized carbons (Fsp3) is 0.619. The van der Waals surface area contributed by atoms with Crippen molar-refractivity contribution in [1.82, 2.24) is 14.7 Å². The van der Waals surface area contributed by atoms with Gasteiger partial charge in [-0.3, -0.25) is 9.67 Å². The van der Waals surface area contributed by atoms with Gasteiger partial charge in [-0.05, 0) is 70.2 Å². The normalized spacial score (nSPS) is 27.4. The van der Waals surface area contributed by atoms with Gasteiger partial charge in [0.25, 0.3) is 0 Å². The van der Waals surface area contributed by atoms with Gasteiger partial charge in [0.15, 0.2) is 0 Å². The van der Waals surface area contributed by atoms with E-state index in [-0.39, 0.29) is 5.54 Å². The molecule has 134 valence electrons. The second-order valence-electron chi connectivity index (χ2n) is 8.69. The monoisotopic (exact) mass is 338 g/mol. The van der Waals surface area contributed by atoms with Gasteiger partial charge in [0, 0.05) is 35.9 Å². The maximum Gasteiger partial charge on any atom is 0.0923 e. The topological polar surface area (TPSA) is 33.4 Å². The first-order valence-corrected chi connectivity index (χ1v) is 9.66. The highest BCUT2D eigenvalue weighted by molar-refractivity contribution is 6.03. The summed E-state index contributed by atoms with van der Waals surface area (Å²) in [7, 11) is 2.23. The Balaban J connectivity index is 1.61. The zero-order valence-electron chi connectivity index (χ0n) is 16.0. The lowest BCUT2D eigenvalue weighted by atomic mass is 9.87. The number of hydrogen-bond acceptors (Lipinski definition) is 3.